The average Bonchev–Trinajstić information content (AvgIpc) is 2.16. The normalized spacial score (nSPS) is 24.6. The maximum atomic E-state index is 11.4. The first-order valence-corrected chi connectivity index (χ1v) is 4.06. The van der Waals surface area contributed by atoms with Gasteiger partial charge < -0.3 is 4.90 Å². The van der Waals surface area contributed by atoms with Crippen molar-refractivity contribution in [3.63, 3.8) is 0 Å². The second kappa shape index (κ2) is 2.77. The lowest BCUT2D eigenvalue weighted by Gasteiger charge is -2.17. The topological polar surface area (TPSA) is 40.6 Å². The molecule has 0 aliphatic carbocycles. The van der Waals surface area contributed by atoms with Crippen LogP contribution < -0.4 is 0 Å². The number of carbonyl (C=O) groups is 2. The number of rotatable bonds is 1. The van der Waals surface area contributed by atoms with E-state index in [-0.39, 0.29) is 24.0 Å². The zero-order valence-corrected chi connectivity index (χ0v) is 7.87. The van der Waals surface area contributed by atoms with Crippen molar-refractivity contribution in [1.82, 2.24) is 9.80 Å². The van der Waals surface area contributed by atoms with Crippen molar-refractivity contribution in [1.29, 1.82) is 0 Å². The van der Waals surface area contributed by atoms with Gasteiger partial charge in [0.15, 0.2) is 0 Å². The van der Waals surface area contributed by atoms with Gasteiger partial charge in [0.25, 0.3) is 5.91 Å². The summed E-state index contributed by atoms with van der Waals surface area (Å²) >= 11 is 0. The summed E-state index contributed by atoms with van der Waals surface area (Å²) in [6, 6.07) is -0.542. The number of nitrogens with zero attached hydrogens (tertiary/aromatic N) is 2. The van der Waals surface area contributed by atoms with Gasteiger partial charge in [0.05, 0.1) is 0 Å². The number of likely N-dealkylation sites (N-methyl/N-ethyl adjacent to an activating group) is 1. The van der Waals surface area contributed by atoms with Crippen LogP contribution in [0, 0.1) is 0 Å². The maximum absolute atomic E-state index is 11.4. The molecule has 3 amide bonds. The highest BCUT2D eigenvalue weighted by atomic mass is 16.2. The smallest absolute Gasteiger partial charge is 0.316 e. The molecular formula is C8H14N2O2. The van der Waals surface area contributed by atoms with Gasteiger partial charge in [-0.3, -0.25) is 9.69 Å². The average molecular weight is 170 g/mol. The molecule has 0 radical (unpaired) electrons. The van der Waals surface area contributed by atoms with Gasteiger partial charge in [0, 0.05) is 13.1 Å². The van der Waals surface area contributed by atoms with Crippen LogP contribution in [0.3, 0.4) is 0 Å². The van der Waals surface area contributed by atoms with Crippen LogP contribution in [0.2, 0.25) is 0 Å². The zero-order valence-electron chi connectivity index (χ0n) is 7.87. The predicted octanol–water partition coefficient (Wildman–Crippen LogP) is 0.677. The Labute approximate surface area is 72.1 Å². The molecule has 12 heavy (non-hydrogen) atoms. The first-order chi connectivity index (χ1) is 5.46. The second-order valence-corrected chi connectivity index (χ2v) is 3.37. The molecule has 4 nitrogen and oxygen atoms in total. The minimum absolute atomic E-state index is 0.0441. The third-order valence-electron chi connectivity index (χ3n) is 2.20. The van der Waals surface area contributed by atoms with Crippen molar-refractivity contribution in [3.05, 3.63) is 0 Å². The molecule has 1 aliphatic heterocycles. The van der Waals surface area contributed by atoms with Gasteiger partial charge in [0.2, 0.25) is 0 Å². The molecule has 0 bridgehead atoms. The summed E-state index contributed by atoms with van der Waals surface area (Å²) < 4.78 is 0. The fraction of sp³-hybridized carbons (Fsp3) is 0.750. The van der Waals surface area contributed by atoms with E-state index >= 15 is 0 Å². The van der Waals surface area contributed by atoms with Gasteiger partial charge in [-0.15, -0.1) is 0 Å². The summed E-state index contributed by atoms with van der Waals surface area (Å²) in [7, 11) is 1.65. The molecule has 1 aliphatic rings. The SMILES string of the molecule is CC1C(=O)N(C(C)C)C(=O)N1C. The third-order valence-corrected chi connectivity index (χ3v) is 2.20. The van der Waals surface area contributed by atoms with E-state index in [0.29, 0.717) is 0 Å². The molecule has 68 valence electrons. The Kier molecular flexibility index (Phi) is 2.08. The zero-order chi connectivity index (χ0) is 9.46. The summed E-state index contributed by atoms with van der Waals surface area (Å²) in [6.45, 7) is 5.41. The minimum atomic E-state index is -0.306. The van der Waals surface area contributed by atoms with E-state index in [9.17, 15) is 9.59 Å². The van der Waals surface area contributed by atoms with E-state index in [2.05, 4.69) is 0 Å². The molecule has 1 saturated heterocycles. The molecule has 1 heterocycles. The number of hydrogen-bond acceptors (Lipinski definition) is 2. The van der Waals surface area contributed by atoms with Gasteiger partial charge in [-0.1, -0.05) is 0 Å². The standard InChI is InChI=1S/C8H14N2O2/c1-5(2)10-7(11)6(3)9(4)8(10)12/h5-6H,1-4H3. The highest BCUT2D eigenvalue weighted by Crippen LogP contribution is 2.17. The first kappa shape index (κ1) is 9.03. The molecule has 1 fully saturated rings. The summed E-state index contributed by atoms with van der Waals surface area (Å²) in [4.78, 5) is 25.6. The lowest BCUT2D eigenvalue weighted by molar-refractivity contribution is -0.128. The Morgan fingerprint density at radius 3 is 2.00 bits per heavy atom. The molecule has 0 saturated carbocycles. The van der Waals surface area contributed by atoms with Crippen LogP contribution in [0.15, 0.2) is 0 Å². The Balaban J connectivity index is 2.91. The van der Waals surface area contributed by atoms with Gasteiger partial charge in [0.1, 0.15) is 6.04 Å². The van der Waals surface area contributed by atoms with Crippen LogP contribution >= 0.6 is 0 Å². The van der Waals surface area contributed by atoms with Crippen molar-refractivity contribution in [2.75, 3.05) is 7.05 Å². The number of carbonyl (C=O) groups excluding carboxylic acids is 2. The van der Waals surface area contributed by atoms with E-state index in [1.807, 2.05) is 13.8 Å². The number of imide groups is 1. The van der Waals surface area contributed by atoms with Gasteiger partial charge in [-0.25, -0.2) is 4.79 Å². The molecule has 0 aromatic carbocycles. The van der Waals surface area contributed by atoms with Crippen LogP contribution in [0.1, 0.15) is 20.8 Å². The first-order valence-electron chi connectivity index (χ1n) is 4.06. The van der Waals surface area contributed by atoms with Crippen molar-refractivity contribution in [2.45, 2.75) is 32.9 Å². The quantitative estimate of drug-likeness (QED) is 0.543. The number of urea groups is 1. The largest absolute Gasteiger partial charge is 0.327 e. The van der Waals surface area contributed by atoms with Crippen molar-refractivity contribution >= 4 is 11.9 Å². The van der Waals surface area contributed by atoms with Crippen molar-refractivity contribution in [3.8, 4) is 0 Å². The molecule has 0 aromatic heterocycles. The number of amides is 3. The molecular weight excluding hydrogens is 156 g/mol. The van der Waals surface area contributed by atoms with Crippen LogP contribution in [0.5, 0.6) is 0 Å². The monoisotopic (exact) mass is 170 g/mol. The third kappa shape index (κ3) is 1.07. The highest BCUT2D eigenvalue weighted by Gasteiger charge is 2.41. The molecule has 1 rings (SSSR count). The van der Waals surface area contributed by atoms with Crippen molar-refractivity contribution in [2.24, 2.45) is 0 Å². The second-order valence-electron chi connectivity index (χ2n) is 3.37. The summed E-state index contributed by atoms with van der Waals surface area (Å²) in [5, 5.41) is 0. The van der Waals surface area contributed by atoms with Gasteiger partial charge in [-0.05, 0) is 20.8 Å². The highest BCUT2D eigenvalue weighted by molar-refractivity contribution is 6.04. The van der Waals surface area contributed by atoms with Crippen LogP contribution in [-0.4, -0.2) is 40.9 Å². The summed E-state index contributed by atoms with van der Waals surface area (Å²) in [5.41, 5.74) is 0. The Bertz CT molecular complexity index is 205. The fourth-order valence-electron chi connectivity index (χ4n) is 1.27. The van der Waals surface area contributed by atoms with E-state index < -0.39 is 0 Å². The van der Waals surface area contributed by atoms with Gasteiger partial charge in [-0.2, -0.15) is 0 Å². The fourth-order valence-corrected chi connectivity index (χ4v) is 1.27. The summed E-state index contributed by atoms with van der Waals surface area (Å²) in [5.74, 6) is -0.0995. The molecule has 4 heteroatoms. The van der Waals surface area contributed by atoms with Crippen LogP contribution in [0.4, 0.5) is 4.79 Å². The molecule has 1 unspecified atom stereocenters. The Morgan fingerprint density at radius 1 is 1.33 bits per heavy atom. The maximum Gasteiger partial charge on any atom is 0.327 e. The van der Waals surface area contributed by atoms with E-state index in [1.54, 1.807) is 14.0 Å². The molecule has 0 N–H and O–H groups in total. The number of hydrogen-bond donors (Lipinski definition) is 0. The summed E-state index contributed by atoms with van der Waals surface area (Å²) in [6.07, 6.45) is 0. The molecule has 1 atom stereocenters. The molecule has 0 aromatic rings. The minimum Gasteiger partial charge on any atom is -0.316 e. The van der Waals surface area contributed by atoms with Crippen LogP contribution in [0.25, 0.3) is 0 Å². The Morgan fingerprint density at radius 2 is 1.83 bits per heavy atom. The predicted molar refractivity (Wildman–Crippen MR) is 44.6 cm³/mol. The van der Waals surface area contributed by atoms with Gasteiger partial charge >= 0.3 is 6.03 Å². The lowest BCUT2D eigenvalue weighted by Crippen LogP contribution is -2.37. The van der Waals surface area contributed by atoms with Crippen LogP contribution in [-0.2, 0) is 4.79 Å². The lowest BCUT2D eigenvalue weighted by atomic mass is 10.3. The Hall–Kier alpha value is -1.06. The van der Waals surface area contributed by atoms with Crippen molar-refractivity contribution < 1.29 is 9.59 Å². The molecule has 0 spiro atoms. The van der Waals surface area contributed by atoms with E-state index in [1.165, 1.54) is 9.80 Å². The van der Waals surface area contributed by atoms with E-state index in [0.717, 1.165) is 0 Å². The van der Waals surface area contributed by atoms with E-state index in [4.69, 9.17) is 0 Å².